The molecule has 31 heavy (non-hydrogen) atoms. The molecule has 0 bridgehead atoms. The van der Waals surface area contributed by atoms with E-state index in [2.05, 4.69) is 74.3 Å². The quantitative estimate of drug-likeness (QED) is 0.429. The van der Waals surface area contributed by atoms with Gasteiger partial charge in [0.1, 0.15) is 9.88 Å². The number of aromatic nitrogens is 1. The predicted molar refractivity (Wildman–Crippen MR) is 132 cm³/mol. The fraction of sp³-hybridized carbons (Fsp3) is 0.385. The van der Waals surface area contributed by atoms with Crippen LogP contribution in [0.5, 0.6) is 0 Å². The van der Waals surface area contributed by atoms with Gasteiger partial charge in [0.05, 0.1) is 5.69 Å². The number of amides is 1. The maximum Gasteiger partial charge on any atom is 0.265 e. The molecule has 0 spiro atoms. The number of benzene rings is 2. The monoisotopic (exact) mass is 435 g/mol. The summed E-state index contributed by atoms with van der Waals surface area (Å²) in [5.74, 6) is 0.0842. The molecule has 3 rings (SSSR count). The summed E-state index contributed by atoms with van der Waals surface area (Å²) in [5.41, 5.74) is 5.61. The third-order valence-corrected chi connectivity index (χ3v) is 6.97. The average Bonchev–Trinajstić information content (AvgIpc) is 3.20. The van der Waals surface area contributed by atoms with E-state index in [9.17, 15) is 4.79 Å². The van der Waals surface area contributed by atoms with E-state index in [1.807, 2.05) is 18.7 Å². The molecule has 4 nitrogen and oxygen atoms in total. The number of likely N-dealkylation sites (N-methyl/N-ethyl adjacent to an activating group) is 2. The molecule has 0 N–H and O–H groups in total. The number of hydrogen-bond acceptors (Lipinski definition) is 4. The van der Waals surface area contributed by atoms with E-state index < -0.39 is 0 Å². The summed E-state index contributed by atoms with van der Waals surface area (Å²) in [5, 5.41) is 0.899. The predicted octanol–water partition coefficient (Wildman–Crippen LogP) is 5.76. The van der Waals surface area contributed by atoms with Crippen molar-refractivity contribution in [1.82, 2.24) is 14.8 Å². The highest BCUT2D eigenvalue weighted by Gasteiger charge is 2.21. The van der Waals surface area contributed by atoms with Gasteiger partial charge in [-0.25, -0.2) is 4.98 Å². The molecule has 0 radical (unpaired) electrons. The number of thiazole rings is 1. The molecule has 0 saturated carbocycles. The van der Waals surface area contributed by atoms with Crippen molar-refractivity contribution in [2.75, 3.05) is 33.2 Å². The standard InChI is InChI=1S/C26H33N3OS/c1-6-20-9-11-21(12-10-20)22-13-15-23(16-14-22)25-27-19(4)24(31-25)26(30)29(8-3)18-17-28(5)7-2/h9-16H,6-8,17-18H2,1-5H3. The van der Waals surface area contributed by atoms with Gasteiger partial charge < -0.3 is 9.80 Å². The van der Waals surface area contributed by atoms with E-state index in [0.29, 0.717) is 6.54 Å². The zero-order chi connectivity index (χ0) is 22.4. The van der Waals surface area contributed by atoms with E-state index in [4.69, 9.17) is 4.98 Å². The number of carbonyl (C=O) groups excluding carboxylic acids is 1. The van der Waals surface area contributed by atoms with Crippen LogP contribution in [0.2, 0.25) is 0 Å². The van der Waals surface area contributed by atoms with Crippen molar-refractivity contribution in [2.45, 2.75) is 34.1 Å². The van der Waals surface area contributed by atoms with Crippen molar-refractivity contribution < 1.29 is 4.79 Å². The van der Waals surface area contributed by atoms with Gasteiger partial charge in [-0.1, -0.05) is 62.4 Å². The number of aryl methyl sites for hydroxylation is 2. The van der Waals surface area contributed by atoms with Gasteiger partial charge in [0.2, 0.25) is 0 Å². The van der Waals surface area contributed by atoms with Gasteiger partial charge in [-0.05, 0) is 50.6 Å². The summed E-state index contributed by atoms with van der Waals surface area (Å²) < 4.78 is 0. The number of hydrogen-bond donors (Lipinski definition) is 0. The highest BCUT2D eigenvalue weighted by atomic mass is 32.1. The molecule has 3 aromatic rings. The van der Waals surface area contributed by atoms with Crippen molar-refractivity contribution in [1.29, 1.82) is 0 Å². The van der Waals surface area contributed by atoms with Gasteiger partial charge in [0.25, 0.3) is 5.91 Å². The van der Waals surface area contributed by atoms with Gasteiger partial charge >= 0.3 is 0 Å². The lowest BCUT2D eigenvalue weighted by atomic mass is 10.0. The first-order valence-electron chi connectivity index (χ1n) is 11.1. The topological polar surface area (TPSA) is 36.4 Å². The molecule has 0 unspecified atom stereocenters. The minimum absolute atomic E-state index is 0.0842. The second kappa shape index (κ2) is 10.7. The smallest absolute Gasteiger partial charge is 0.265 e. The van der Waals surface area contributed by atoms with E-state index in [0.717, 1.165) is 47.2 Å². The van der Waals surface area contributed by atoms with Crippen LogP contribution in [0, 0.1) is 6.92 Å². The van der Waals surface area contributed by atoms with Gasteiger partial charge in [-0.3, -0.25) is 4.79 Å². The first-order valence-corrected chi connectivity index (χ1v) is 11.9. The summed E-state index contributed by atoms with van der Waals surface area (Å²) in [6.45, 7) is 11.6. The minimum atomic E-state index is 0.0842. The second-order valence-corrected chi connectivity index (χ2v) is 8.84. The highest BCUT2D eigenvalue weighted by molar-refractivity contribution is 7.17. The van der Waals surface area contributed by atoms with E-state index >= 15 is 0 Å². The van der Waals surface area contributed by atoms with Crippen LogP contribution < -0.4 is 0 Å². The Morgan fingerprint density at radius 2 is 1.45 bits per heavy atom. The minimum Gasteiger partial charge on any atom is -0.337 e. The Bertz CT molecular complexity index is 992. The summed E-state index contributed by atoms with van der Waals surface area (Å²) in [6.07, 6.45) is 1.05. The van der Waals surface area contributed by atoms with Crippen LogP contribution in [-0.2, 0) is 6.42 Å². The first-order chi connectivity index (χ1) is 15.0. The Morgan fingerprint density at radius 3 is 2.00 bits per heavy atom. The molecular weight excluding hydrogens is 402 g/mol. The molecule has 0 aliphatic rings. The summed E-state index contributed by atoms with van der Waals surface area (Å²) in [4.78, 5) is 22.7. The van der Waals surface area contributed by atoms with Gasteiger partial charge in [0.15, 0.2) is 0 Å². The molecule has 1 aromatic heterocycles. The normalized spacial score (nSPS) is 11.2. The zero-order valence-electron chi connectivity index (χ0n) is 19.3. The van der Waals surface area contributed by atoms with Crippen molar-refractivity contribution >= 4 is 17.2 Å². The average molecular weight is 436 g/mol. The molecule has 164 valence electrons. The Kier molecular flexibility index (Phi) is 7.99. The Hall–Kier alpha value is -2.50. The highest BCUT2D eigenvalue weighted by Crippen LogP contribution is 2.30. The lowest BCUT2D eigenvalue weighted by Gasteiger charge is -2.23. The molecule has 0 aliphatic heterocycles. The molecule has 1 heterocycles. The van der Waals surface area contributed by atoms with Crippen molar-refractivity contribution in [3.63, 3.8) is 0 Å². The molecule has 0 fully saturated rings. The van der Waals surface area contributed by atoms with Crippen LogP contribution in [0.4, 0.5) is 0 Å². The SMILES string of the molecule is CCc1ccc(-c2ccc(-c3nc(C)c(C(=O)N(CC)CCN(C)CC)s3)cc2)cc1. The van der Waals surface area contributed by atoms with Crippen molar-refractivity contribution in [2.24, 2.45) is 0 Å². The van der Waals surface area contributed by atoms with Crippen LogP contribution in [0.25, 0.3) is 21.7 Å². The molecular formula is C26H33N3OS. The summed E-state index contributed by atoms with van der Waals surface area (Å²) >= 11 is 1.50. The molecule has 5 heteroatoms. The lowest BCUT2D eigenvalue weighted by molar-refractivity contribution is 0.0755. The molecule has 0 aliphatic carbocycles. The van der Waals surface area contributed by atoms with E-state index in [1.165, 1.54) is 28.0 Å². The van der Waals surface area contributed by atoms with Gasteiger partial charge in [-0.15, -0.1) is 11.3 Å². The Labute approximate surface area is 190 Å². The third-order valence-electron chi connectivity index (χ3n) is 5.78. The molecule has 0 saturated heterocycles. The van der Waals surface area contributed by atoms with E-state index in [-0.39, 0.29) is 5.91 Å². The van der Waals surface area contributed by atoms with Crippen LogP contribution in [0.1, 0.15) is 41.7 Å². The first kappa shape index (κ1) is 23.2. The summed E-state index contributed by atoms with van der Waals surface area (Å²) in [7, 11) is 2.08. The van der Waals surface area contributed by atoms with Crippen LogP contribution >= 0.6 is 11.3 Å². The molecule has 0 atom stereocenters. The Morgan fingerprint density at radius 1 is 0.871 bits per heavy atom. The lowest BCUT2D eigenvalue weighted by Crippen LogP contribution is -2.37. The Balaban J connectivity index is 1.77. The van der Waals surface area contributed by atoms with Gasteiger partial charge in [0, 0.05) is 25.2 Å². The van der Waals surface area contributed by atoms with Crippen molar-refractivity contribution in [3.05, 3.63) is 64.7 Å². The zero-order valence-corrected chi connectivity index (χ0v) is 20.1. The number of nitrogens with zero attached hydrogens (tertiary/aromatic N) is 3. The molecule has 1 amide bonds. The number of rotatable bonds is 9. The second-order valence-electron chi connectivity index (χ2n) is 7.84. The van der Waals surface area contributed by atoms with Gasteiger partial charge in [-0.2, -0.15) is 0 Å². The van der Waals surface area contributed by atoms with Crippen LogP contribution in [0.15, 0.2) is 48.5 Å². The fourth-order valence-electron chi connectivity index (χ4n) is 3.45. The maximum absolute atomic E-state index is 13.1. The maximum atomic E-state index is 13.1. The van der Waals surface area contributed by atoms with Crippen LogP contribution in [0.3, 0.4) is 0 Å². The summed E-state index contributed by atoms with van der Waals surface area (Å²) in [6, 6.07) is 17.2. The van der Waals surface area contributed by atoms with E-state index in [1.54, 1.807) is 0 Å². The van der Waals surface area contributed by atoms with Crippen molar-refractivity contribution in [3.8, 4) is 21.7 Å². The van der Waals surface area contributed by atoms with Crippen LogP contribution in [-0.4, -0.2) is 53.9 Å². The fourth-order valence-corrected chi connectivity index (χ4v) is 4.49. The largest absolute Gasteiger partial charge is 0.337 e. The third kappa shape index (κ3) is 5.60. The number of carbonyl (C=O) groups is 1. The molecule has 2 aromatic carbocycles.